The molecule has 0 aliphatic heterocycles. The summed E-state index contributed by atoms with van der Waals surface area (Å²) in [6.45, 7) is 1.19. The minimum absolute atomic E-state index is 0.0611. The van der Waals surface area contributed by atoms with Gasteiger partial charge in [-0.25, -0.2) is 0 Å². The van der Waals surface area contributed by atoms with Crippen LogP contribution in [0.1, 0.15) is 17.3 Å². The average Bonchev–Trinajstić information content (AvgIpc) is 2.80. The van der Waals surface area contributed by atoms with E-state index in [1.165, 1.54) is 37.3 Å². The molecule has 0 heterocycles. The maximum absolute atomic E-state index is 12.6. The van der Waals surface area contributed by atoms with Crippen LogP contribution in [-0.2, 0) is 0 Å². The Morgan fingerprint density at radius 3 is 2.33 bits per heavy atom. The molecular weight excluding hydrogens is 604 g/mol. The van der Waals surface area contributed by atoms with Crippen molar-refractivity contribution in [2.45, 2.75) is 22.9 Å². The summed E-state index contributed by atoms with van der Waals surface area (Å²) < 4.78 is 49.9. The molecule has 0 aliphatic rings. The van der Waals surface area contributed by atoms with E-state index >= 15 is 0 Å². The first kappa shape index (κ1) is 28.0. The molecule has 0 fully saturated rings. The molecule has 3 aromatic carbocycles. The van der Waals surface area contributed by atoms with Gasteiger partial charge in [-0.15, -0.1) is 0 Å². The lowest BCUT2D eigenvalue weighted by atomic mass is 10.1. The number of hydrogen-bond donors (Lipinski definition) is 1. The molecule has 1 N–H and O–H groups in total. The molecule has 1 atom stereocenters. The van der Waals surface area contributed by atoms with E-state index in [0.717, 1.165) is 0 Å². The lowest BCUT2D eigenvalue weighted by Gasteiger charge is -2.24. The van der Waals surface area contributed by atoms with Crippen LogP contribution in [0, 0.1) is 11.3 Å². The van der Waals surface area contributed by atoms with Crippen molar-refractivity contribution in [2.75, 3.05) is 6.61 Å². The summed E-state index contributed by atoms with van der Waals surface area (Å²) in [5, 5.41) is 13.0. The number of carbonyl (C=O) groups excluding carboxylic acids is 1. The van der Waals surface area contributed by atoms with Crippen molar-refractivity contribution in [1.82, 2.24) is 5.32 Å². The second-order valence-corrected chi connectivity index (χ2v) is 10.4. The molecule has 36 heavy (non-hydrogen) atoms. The number of carbonyl (C=O) groups is 1. The lowest BCUT2D eigenvalue weighted by molar-refractivity contribution is -0.0328. The lowest BCUT2D eigenvalue weighted by Crippen LogP contribution is -2.49. The van der Waals surface area contributed by atoms with Gasteiger partial charge in [0.15, 0.2) is 17.0 Å². The molecule has 1 amide bonds. The van der Waals surface area contributed by atoms with Gasteiger partial charge in [-0.2, -0.15) is 18.4 Å². The molecule has 3 aromatic rings. The van der Waals surface area contributed by atoms with Gasteiger partial charge in [-0.1, -0.05) is 39.1 Å². The standard InChI is InChI=1S/C24H16BrCl2F3N2O3S/c1-23(12-31,32-22(33)14-2-6-17(7-3-14)36-24(28,29)30)13-34-20-8-4-15(25)10-21(20)35-19-9-5-16(26)11-18(19)27/h2-11H,13H2,1H3,(H,32,33)/t23-/m1/s1. The Balaban J connectivity index is 1.72. The van der Waals surface area contributed by atoms with Crippen molar-refractivity contribution in [3.05, 3.63) is 80.7 Å². The summed E-state index contributed by atoms with van der Waals surface area (Å²) in [6.07, 6.45) is 0. The Labute approximate surface area is 227 Å². The van der Waals surface area contributed by atoms with Gasteiger partial charge in [-0.3, -0.25) is 4.79 Å². The van der Waals surface area contributed by atoms with Gasteiger partial charge in [-0.05, 0) is 79.3 Å². The summed E-state index contributed by atoms with van der Waals surface area (Å²) in [6, 6.07) is 16.5. The molecule has 0 saturated heterocycles. The van der Waals surface area contributed by atoms with Crippen molar-refractivity contribution in [2.24, 2.45) is 0 Å². The maximum Gasteiger partial charge on any atom is 0.446 e. The fraction of sp³-hybridized carbons (Fsp3) is 0.167. The first-order valence-electron chi connectivity index (χ1n) is 10.0. The zero-order chi connectivity index (χ0) is 26.5. The Morgan fingerprint density at radius 2 is 1.72 bits per heavy atom. The Kier molecular flexibility index (Phi) is 9.06. The molecule has 0 unspecified atom stereocenters. The fourth-order valence-electron chi connectivity index (χ4n) is 2.81. The topological polar surface area (TPSA) is 71.3 Å². The predicted molar refractivity (Wildman–Crippen MR) is 136 cm³/mol. The Hall–Kier alpha value is -2.58. The SMILES string of the molecule is C[C@@](C#N)(COc1ccc(Br)cc1Oc1ccc(Cl)cc1Cl)NC(=O)c1ccc(SC(F)(F)F)cc1. The summed E-state index contributed by atoms with van der Waals surface area (Å²) >= 11 is 15.2. The molecule has 0 aliphatic carbocycles. The predicted octanol–water partition coefficient (Wildman–Crippen LogP) is 8.25. The van der Waals surface area contributed by atoms with Crippen LogP contribution in [0.2, 0.25) is 10.0 Å². The highest BCUT2D eigenvalue weighted by Crippen LogP contribution is 2.38. The van der Waals surface area contributed by atoms with E-state index in [4.69, 9.17) is 32.7 Å². The largest absolute Gasteiger partial charge is 0.486 e. The first-order chi connectivity index (χ1) is 16.9. The number of thioether (sulfide) groups is 1. The van der Waals surface area contributed by atoms with Crippen LogP contribution in [0.5, 0.6) is 17.2 Å². The van der Waals surface area contributed by atoms with Gasteiger partial charge in [0.25, 0.3) is 5.91 Å². The fourth-order valence-corrected chi connectivity index (χ4v) is 4.13. The molecule has 188 valence electrons. The number of nitrogens with zero attached hydrogens (tertiary/aromatic N) is 1. The smallest absolute Gasteiger partial charge is 0.446 e. The van der Waals surface area contributed by atoms with Crippen LogP contribution in [-0.4, -0.2) is 23.6 Å². The van der Waals surface area contributed by atoms with Crippen LogP contribution >= 0.6 is 50.9 Å². The highest BCUT2D eigenvalue weighted by molar-refractivity contribution is 9.10. The third-order valence-corrected chi connectivity index (χ3v) is 6.29. The van der Waals surface area contributed by atoms with Crippen molar-refractivity contribution >= 4 is 56.8 Å². The number of nitrogens with one attached hydrogen (secondary N) is 1. The number of benzene rings is 3. The third-order valence-electron chi connectivity index (χ3n) is 4.52. The van der Waals surface area contributed by atoms with E-state index in [9.17, 15) is 23.2 Å². The number of halogens is 6. The highest BCUT2D eigenvalue weighted by Gasteiger charge is 2.30. The molecule has 0 radical (unpaired) electrons. The van der Waals surface area contributed by atoms with Gasteiger partial charge in [0, 0.05) is 20.0 Å². The van der Waals surface area contributed by atoms with Crippen LogP contribution in [0.3, 0.4) is 0 Å². The quantitative estimate of drug-likeness (QED) is 0.257. The van der Waals surface area contributed by atoms with E-state index < -0.39 is 17.0 Å². The number of hydrogen-bond acceptors (Lipinski definition) is 5. The van der Waals surface area contributed by atoms with Crippen LogP contribution in [0.15, 0.2) is 70.0 Å². The number of alkyl halides is 3. The molecule has 12 heteroatoms. The molecule has 5 nitrogen and oxygen atoms in total. The molecule has 0 aromatic heterocycles. The van der Waals surface area contributed by atoms with E-state index in [-0.39, 0.29) is 45.3 Å². The molecule has 0 saturated carbocycles. The normalized spacial score (nSPS) is 12.8. The van der Waals surface area contributed by atoms with Crippen molar-refractivity contribution in [3.63, 3.8) is 0 Å². The maximum atomic E-state index is 12.6. The summed E-state index contributed by atoms with van der Waals surface area (Å²) in [5.74, 6) is 0.241. The second-order valence-electron chi connectivity index (χ2n) is 7.53. The van der Waals surface area contributed by atoms with E-state index in [2.05, 4.69) is 21.2 Å². The van der Waals surface area contributed by atoms with Crippen LogP contribution in [0.25, 0.3) is 0 Å². The first-order valence-corrected chi connectivity index (χ1v) is 12.4. The third kappa shape index (κ3) is 7.96. The average molecular weight is 620 g/mol. The number of amides is 1. The van der Waals surface area contributed by atoms with Gasteiger partial charge in [0.05, 0.1) is 11.1 Å². The van der Waals surface area contributed by atoms with Gasteiger partial charge < -0.3 is 14.8 Å². The summed E-state index contributed by atoms with van der Waals surface area (Å²) in [5.41, 5.74) is -5.82. The summed E-state index contributed by atoms with van der Waals surface area (Å²) in [4.78, 5) is 12.6. The molecule has 0 bridgehead atoms. The molecule has 0 spiro atoms. The van der Waals surface area contributed by atoms with Crippen LogP contribution < -0.4 is 14.8 Å². The van der Waals surface area contributed by atoms with E-state index in [1.54, 1.807) is 30.3 Å². The van der Waals surface area contributed by atoms with Crippen LogP contribution in [0.4, 0.5) is 13.2 Å². The minimum Gasteiger partial charge on any atom is -0.486 e. The monoisotopic (exact) mass is 618 g/mol. The Morgan fingerprint density at radius 1 is 1.06 bits per heavy atom. The van der Waals surface area contributed by atoms with Crippen molar-refractivity contribution in [3.8, 4) is 23.3 Å². The Bertz CT molecular complexity index is 1300. The van der Waals surface area contributed by atoms with Crippen molar-refractivity contribution < 1.29 is 27.4 Å². The van der Waals surface area contributed by atoms with E-state index in [0.29, 0.717) is 15.2 Å². The molecular formula is C24H16BrCl2F3N2O3S. The van der Waals surface area contributed by atoms with Gasteiger partial charge >= 0.3 is 5.51 Å². The number of ether oxygens (including phenoxy) is 2. The van der Waals surface area contributed by atoms with Gasteiger partial charge in [0.2, 0.25) is 0 Å². The minimum atomic E-state index is -4.44. The van der Waals surface area contributed by atoms with Gasteiger partial charge in [0.1, 0.15) is 12.4 Å². The molecule has 3 rings (SSSR count). The number of rotatable bonds is 8. The highest BCUT2D eigenvalue weighted by atomic mass is 79.9. The van der Waals surface area contributed by atoms with E-state index in [1.807, 2.05) is 6.07 Å². The zero-order valence-electron chi connectivity index (χ0n) is 18.3. The number of nitriles is 1. The second kappa shape index (κ2) is 11.6. The van der Waals surface area contributed by atoms with Crippen molar-refractivity contribution in [1.29, 1.82) is 5.26 Å². The summed E-state index contributed by atoms with van der Waals surface area (Å²) in [7, 11) is 0. The zero-order valence-corrected chi connectivity index (χ0v) is 22.2.